The molecule has 10 heteroatoms. The van der Waals surface area contributed by atoms with Crippen LogP contribution in [0.1, 0.15) is 24.4 Å². The first-order valence-electron chi connectivity index (χ1n) is 11.1. The topological polar surface area (TPSA) is 106 Å². The van der Waals surface area contributed by atoms with E-state index in [0.29, 0.717) is 40.7 Å². The van der Waals surface area contributed by atoms with E-state index in [1.54, 1.807) is 28.5 Å². The predicted octanol–water partition coefficient (Wildman–Crippen LogP) is 3.25. The summed E-state index contributed by atoms with van der Waals surface area (Å²) in [5, 5.41) is 3.40. The third kappa shape index (κ3) is 3.05. The summed E-state index contributed by atoms with van der Waals surface area (Å²) in [5.74, 6) is -1.50. The third-order valence-corrected chi connectivity index (χ3v) is 6.55. The lowest BCUT2D eigenvalue weighted by Crippen LogP contribution is -2.47. The highest BCUT2D eigenvalue weighted by molar-refractivity contribution is 6.04. The summed E-state index contributed by atoms with van der Waals surface area (Å²) in [5.41, 5.74) is 7.22. The van der Waals surface area contributed by atoms with Crippen molar-refractivity contribution < 1.29 is 18.0 Å². The number of anilines is 2. The van der Waals surface area contributed by atoms with Crippen LogP contribution in [0.3, 0.4) is 0 Å². The van der Waals surface area contributed by atoms with Gasteiger partial charge in [0, 0.05) is 36.1 Å². The van der Waals surface area contributed by atoms with Gasteiger partial charge in [0.05, 0.1) is 11.2 Å². The van der Waals surface area contributed by atoms with Gasteiger partial charge in [0.15, 0.2) is 11.1 Å². The summed E-state index contributed by atoms with van der Waals surface area (Å²) >= 11 is 0. The highest BCUT2D eigenvalue weighted by Crippen LogP contribution is 2.41. The molecule has 1 saturated heterocycles. The summed E-state index contributed by atoms with van der Waals surface area (Å²) in [6.07, 6.45) is 1.68. The Balaban J connectivity index is 1.62. The number of hydrogen-bond donors (Lipinski definition) is 2. The maximum atomic E-state index is 14.8. The van der Waals surface area contributed by atoms with Gasteiger partial charge in [-0.2, -0.15) is 4.98 Å². The van der Waals surface area contributed by atoms with E-state index in [0.717, 1.165) is 25.0 Å². The number of nitrogens with two attached hydrogens (primary N) is 1. The number of nitrogens with zero attached hydrogens (tertiary/aromatic N) is 3. The van der Waals surface area contributed by atoms with Crippen molar-refractivity contribution in [2.24, 2.45) is 0 Å². The second-order valence-corrected chi connectivity index (χ2v) is 8.84. The summed E-state index contributed by atoms with van der Waals surface area (Å²) < 4.78 is 36.7. The van der Waals surface area contributed by atoms with Gasteiger partial charge >= 0.3 is 0 Å². The van der Waals surface area contributed by atoms with Gasteiger partial charge in [-0.25, -0.2) is 8.78 Å². The van der Waals surface area contributed by atoms with Crippen LogP contribution >= 0.6 is 0 Å². The van der Waals surface area contributed by atoms with Crippen LogP contribution in [0, 0.1) is 18.6 Å². The number of halogens is 2. The Morgan fingerprint density at radius 3 is 2.68 bits per heavy atom. The third-order valence-electron chi connectivity index (χ3n) is 6.55. The molecule has 1 amide bonds. The van der Waals surface area contributed by atoms with E-state index in [1.807, 2.05) is 0 Å². The van der Waals surface area contributed by atoms with E-state index in [2.05, 4.69) is 10.3 Å². The zero-order valence-electron chi connectivity index (χ0n) is 18.3. The number of hydrogen-bond acceptors (Lipinski definition) is 6. The van der Waals surface area contributed by atoms with Crippen molar-refractivity contribution in [2.75, 3.05) is 30.3 Å². The number of piperazine rings is 1. The fourth-order valence-corrected chi connectivity index (χ4v) is 4.72. The molecular formula is C24H21F2N5O3. The van der Waals surface area contributed by atoms with Crippen LogP contribution in [-0.2, 0) is 4.79 Å². The number of rotatable bonds is 3. The highest BCUT2D eigenvalue weighted by Gasteiger charge is 2.31. The molecule has 2 aliphatic rings. The summed E-state index contributed by atoms with van der Waals surface area (Å²) in [4.78, 5) is 31.5. The maximum Gasteiger partial charge on any atom is 0.299 e. The number of nitrogens with one attached hydrogen (secondary N) is 1. The van der Waals surface area contributed by atoms with Crippen molar-refractivity contribution >= 4 is 39.6 Å². The molecule has 174 valence electrons. The van der Waals surface area contributed by atoms with E-state index >= 15 is 0 Å². The lowest BCUT2D eigenvalue weighted by molar-refractivity contribution is -0.120. The molecule has 0 radical (unpaired) electrons. The molecule has 2 fully saturated rings. The molecule has 0 atom stereocenters. The Morgan fingerprint density at radius 1 is 1.15 bits per heavy atom. The second kappa shape index (κ2) is 7.28. The second-order valence-electron chi connectivity index (χ2n) is 8.84. The number of amides is 1. The van der Waals surface area contributed by atoms with E-state index in [4.69, 9.17) is 10.2 Å². The number of fused-ring (bicyclic) bond motifs is 3. The largest absolute Gasteiger partial charge is 0.422 e. The number of nitrogen functional groups attached to an aromatic ring is 1. The van der Waals surface area contributed by atoms with Crippen LogP contribution in [0.15, 0.2) is 33.5 Å². The smallest absolute Gasteiger partial charge is 0.299 e. The average Bonchev–Trinajstić information content (AvgIpc) is 3.54. The standard InChI is InChI=1S/C24H21F2N5O3/c1-11-13(15-8-17(26)18(27)9-16(15)25)4-5-14-21(11)31(12-2-3-12)23(33)20-22(14)34-24(29-20)30-7-6-28-19(32)10-30/h4-5,8-9,12H,2-3,6-7,10,27H2,1H3,(H,28,32). The number of benzene rings is 2. The Hall–Kier alpha value is -3.95. The van der Waals surface area contributed by atoms with E-state index < -0.39 is 11.6 Å². The Kier molecular flexibility index (Phi) is 4.42. The van der Waals surface area contributed by atoms with Crippen molar-refractivity contribution in [2.45, 2.75) is 25.8 Å². The van der Waals surface area contributed by atoms with Crippen LogP contribution < -0.4 is 21.5 Å². The number of aryl methyl sites for hydroxylation is 1. The molecule has 3 heterocycles. The first-order chi connectivity index (χ1) is 16.3. The Labute approximate surface area is 192 Å². The number of carbonyl (C=O) groups excluding carboxylic acids is 1. The molecule has 3 N–H and O–H groups in total. The molecule has 0 bridgehead atoms. The maximum absolute atomic E-state index is 14.8. The highest BCUT2D eigenvalue weighted by atomic mass is 19.1. The van der Waals surface area contributed by atoms with Crippen molar-refractivity contribution in [3.63, 3.8) is 0 Å². The van der Waals surface area contributed by atoms with Crippen molar-refractivity contribution in [3.8, 4) is 11.1 Å². The normalized spacial score (nSPS) is 16.4. The zero-order valence-corrected chi connectivity index (χ0v) is 18.3. The molecule has 1 aliphatic carbocycles. The first kappa shape index (κ1) is 20.6. The molecule has 2 aromatic carbocycles. The molecule has 8 nitrogen and oxygen atoms in total. The quantitative estimate of drug-likeness (QED) is 0.450. The van der Waals surface area contributed by atoms with E-state index in [1.165, 1.54) is 0 Å². The first-order valence-corrected chi connectivity index (χ1v) is 11.1. The molecule has 0 unspecified atom stereocenters. The van der Waals surface area contributed by atoms with Gasteiger partial charge in [0.25, 0.3) is 11.6 Å². The van der Waals surface area contributed by atoms with Crippen molar-refractivity contribution in [3.05, 3.63) is 51.8 Å². The molecule has 2 aromatic heterocycles. The molecule has 4 aromatic rings. The van der Waals surface area contributed by atoms with Gasteiger partial charge in [0.1, 0.15) is 18.2 Å². The SMILES string of the molecule is Cc1c(-c2cc(F)c(N)cc2F)ccc2c3oc(N4CCNC(=O)C4)nc3c(=O)n(C3CC3)c12. The Bertz CT molecular complexity index is 1570. The fraction of sp³-hybridized carbons (Fsp3) is 0.292. The lowest BCUT2D eigenvalue weighted by Gasteiger charge is -2.24. The summed E-state index contributed by atoms with van der Waals surface area (Å²) in [6.45, 7) is 2.84. The number of oxazole rings is 1. The molecule has 1 aliphatic heterocycles. The van der Waals surface area contributed by atoms with Gasteiger partial charge in [-0.05, 0) is 43.0 Å². The predicted molar refractivity (Wildman–Crippen MR) is 124 cm³/mol. The minimum absolute atomic E-state index is 0.00210. The lowest BCUT2D eigenvalue weighted by atomic mass is 9.96. The van der Waals surface area contributed by atoms with E-state index in [9.17, 15) is 18.4 Å². The van der Waals surface area contributed by atoms with Crippen LogP contribution in [0.25, 0.3) is 33.1 Å². The number of pyridine rings is 1. The Morgan fingerprint density at radius 2 is 1.94 bits per heavy atom. The minimum Gasteiger partial charge on any atom is -0.422 e. The molecule has 1 saturated carbocycles. The fourth-order valence-electron chi connectivity index (χ4n) is 4.72. The van der Waals surface area contributed by atoms with Gasteiger partial charge in [-0.1, -0.05) is 6.07 Å². The van der Waals surface area contributed by atoms with Gasteiger partial charge < -0.3 is 24.9 Å². The molecule has 34 heavy (non-hydrogen) atoms. The summed E-state index contributed by atoms with van der Waals surface area (Å²) in [7, 11) is 0. The van der Waals surface area contributed by atoms with Crippen LogP contribution in [0.4, 0.5) is 20.5 Å². The van der Waals surface area contributed by atoms with Crippen LogP contribution in [0.5, 0.6) is 0 Å². The molecule has 6 rings (SSSR count). The van der Waals surface area contributed by atoms with Gasteiger partial charge in [-0.15, -0.1) is 0 Å². The number of aromatic nitrogens is 2. The molecular weight excluding hydrogens is 444 g/mol. The van der Waals surface area contributed by atoms with Gasteiger partial charge in [-0.3, -0.25) is 9.59 Å². The van der Waals surface area contributed by atoms with Crippen LogP contribution in [0.2, 0.25) is 0 Å². The average molecular weight is 465 g/mol. The van der Waals surface area contributed by atoms with Gasteiger partial charge in [0.2, 0.25) is 5.91 Å². The van der Waals surface area contributed by atoms with Crippen molar-refractivity contribution in [1.82, 2.24) is 14.9 Å². The van der Waals surface area contributed by atoms with Crippen LogP contribution in [-0.4, -0.2) is 35.1 Å². The minimum atomic E-state index is -0.712. The number of carbonyl (C=O) groups is 1. The van der Waals surface area contributed by atoms with Crippen molar-refractivity contribution in [1.29, 1.82) is 0 Å². The monoisotopic (exact) mass is 465 g/mol. The summed E-state index contributed by atoms with van der Waals surface area (Å²) in [6, 6.07) is 5.67. The zero-order chi connectivity index (χ0) is 23.7. The van der Waals surface area contributed by atoms with E-state index in [-0.39, 0.29) is 46.8 Å². The molecule has 0 spiro atoms.